The minimum atomic E-state index is -0.286. The van der Waals surface area contributed by atoms with Crippen molar-refractivity contribution >= 4 is 23.5 Å². The average molecular weight is 351 g/mol. The summed E-state index contributed by atoms with van der Waals surface area (Å²) in [4.78, 5) is 14.9. The van der Waals surface area contributed by atoms with Crippen molar-refractivity contribution in [2.24, 2.45) is 0 Å². The van der Waals surface area contributed by atoms with Gasteiger partial charge in [0.05, 0.1) is 0 Å². The van der Waals surface area contributed by atoms with E-state index < -0.39 is 0 Å². The SMILES string of the molecule is Cc1cc(F)ccc1NC(=O)NCC1(N2CCSCC2)CCCC1. The summed E-state index contributed by atoms with van der Waals surface area (Å²) in [6.45, 7) is 4.71. The molecule has 1 aromatic carbocycles. The molecule has 4 nitrogen and oxygen atoms in total. The Morgan fingerprint density at radius 1 is 1.29 bits per heavy atom. The number of urea groups is 1. The van der Waals surface area contributed by atoms with Gasteiger partial charge in [0.2, 0.25) is 0 Å². The first-order chi connectivity index (χ1) is 11.6. The lowest BCUT2D eigenvalue weighted by molar-refractivity contribution is 0.105. The van der Waals surface area contributed by atoms with Gasteiger partial charge in [0.25, 0.3) is 0 Å². The van der Waals surface area contributed by atoms with Crippen molar-refractivity contribution in [2.75, 3.05) is 36.5 Å². The van der Waals surface area contributed by atoms with Crippen LogP contribution in [0.3, 0.4) is 0 Å². The lowest BCUT2D eigenvalue weighted by Crippen LogP contribution is -2.56. The Morgan fingerprint density at radius 2 is 2.00 bits per heavy atom. The van der Waals surface area contributed by atoms with Crippen LogP contribution in [0.5, 0.6) is 0 Å². The van der Waals surface area contributed by atoms with E-state index in [9.17, 15) is 9.18 Å². The quantitative estimate of drug-likeness (QED) is 0.871. The van der Waals surface area contributed by atoms with Gasteiger partial charge < -0.3 is 10.6 Å². The maximum atomic E-state index is 13.2. The van der Waals surface area contributed by atoms with E-state index in [0.717, 1.165) is 31.5 Å². The van der Waals surface area contributed by atoms with Crippen molar-refractivity contribution < 1.29 is 9.18 Å². The van der Waals surface area contributed by atoms with Crippen LogP contribution in [0.25, 0.3) is 0 Å². The largest absolute Gasteiger partial charge is 0.336 e. The van der Waals surface area contributed by atoms with Gasteiger partial charge in [-0.2, -0.15) is 11.8 Å². The topological polar surface area (TPSA) is 44.4 Å². The molecule has 0 bridgehead atoms. The summed E-state index contributed by atoms with van der Waals surface area (Å²) in [5.41, 5.74) is 1.51. The number of benzene rings is 1. The summed E-state index contributed by atoms with van der Waals surface area (Å²) in [5, 5.41) is 5.90. The molecule has 0 atom stereocenters. The number of carbonyl (C=O) groups excluding carboxylic acids is 1. The van der Waals surface area contributed by atoms with Gasteiger partial charge in [-0.3, -0.25) is 4.90 Å². The molecule has 1 aliphatic carbocycles. The van der Waals surface area contributed by atoms with E-state index in [0.29, 0.717) is 12.2 Å². The van der Waals surface area contributed by atoms with E-state index in [2.05, 4.69) is 15.5 Å². The first-order valence-corrected chi connectivity index (χ1v) is 9.88. The van der Waals surface area contributed by atoms with Gasteiger partial charge in [-0.15, -0.1) is 0 Å². The number of halogens is 1. The number of nitrogens with zero attached hydrogens (tertiary/aromatic N) is 1. The molecule has 2 N–H and O–H groups in total. The number of nitrogens with one attached hydrogen (secondary N) is 2. The summed E-state index contributed by atoms with van der Waals surface area (Å²) in [6, 6.07) is 4.20. The normalized spacial score (nSPS) is 20.8. The van der Waals surface area contributed by atoms with Gasteiger partial charge in [-0.25, -0.2) is 9.18 Å². The van der Waals surface area contributed by atoms with Crippen LogP contribution in [0.1, 0.15) is 31.2 Å². The summed E-state index contributed by atoms with van der Waals surface area (Å²) in [5.74, 6) is 2.08. The van der Waals surface area contributed by atoms with Gasteiger partial charge in [0.15, 0.2) is 0 Å². The highest BCUT2D eigenvalue weighted by molar-refractivity contribution is 7.99. The molecule has 1 heterocycles. The molecule has 1 saturated heterocycles. The molecule has 1 aromatic rings. The molecular weight excluding hydrogens is 325 g/mol. The van der Waals surface area contributed by atoms with Gasteiger partial charge in [-0.1, -0.05) is 12.8 Å². The average Bonchev–Trinajstić information content (AvgIpc) is 3.07. The molecule has 6 heteroatoms. The van der Waals surface area contributed by atoms with Crippen LogP contribution >= 0.6 is 11.8 Å². The number of carbonyl (C=O) groups is 1. The molecule has 2 aliphatic rings. The van der Waals surface area contributed by atoms with E-state index in [1.54, 1.807) is 13.0 Å². The van der Waals surface area contributed by atoms with Crippen LogP contribution in [-0.2, 0) is 0 Å². The van der Waals surface area contributed by atoms with Gasteiger partial charge in [0.1, 0.15) is 5.82 Å². The number of anilines is 1. The molecule has 132 valence electrons. The number of thioether (sulfide) groups is 1. The summed E-state index contributed by atoms with van der Waals surface area (Å²) < 4.78 is 13.2. The third-order valence-corrected chi connectivity index (χ3v) is 6.17. The van der Waals surface area contributed by atoms with Crippen molar-refractivity contribution in [3.63, 3.8) is 0 Å². The molecule has 0 spiro atoms. The third kappa shape index (κ3) is 4.03. The number of rotatable bonds is 4. The number of hydrogen-bond acceptors (Lipinski definition) is 3. The molecule has 1 aliphatic heterocycles. The second kappa shape index (κ2) is 7.74. The van der Waals surface area contributed by atoms with Gasteiger partial charge >= 0.3 is 6.03 Å². The smallest absolute Gasteiger partial charge is 0.319 e. The fraction of sp³-hybridized carbons (Fsp3) is 0.611. The first-order valence-electron chi connectivity index (χ1n) is 8.73. The molecule has 0 radical (unpaired) electrons. The minimum absolute atomic E-state index is 0.121. The minimum Gasteiger partial charge on any atom is -0.336 e. The Morgan fingerprint density at radius 3 is 2.67 bits per heavy atom. The molecular formula is C18H26FN3OS. The van der Waals surface area contributed by atoms with Crippen molar-refractivity contribution in [1.29, 1.82) is 0 Å². The van der Waals surface area contributed by atoms with E-state index in [1.807, 2.05) is 11.8 Å². The van der Waals surface area contributed by atoms with Crippen LogP contribution in [0, 0.1) is 12.7 Å². The Balaban J connectivity index is 1.59. The lowest BCUT2D eigenvalue weighted by Gasteiger charge is -2.43. The summed E-state index contributed by atoms with van der Waals surface area (Å²) in [6.07, 6.45) is 4.80. The van der Waals surface area contributed by atoms with Crippen molar-refractivity contribution in [3.8, 4) is 0 Å². The Bertz CT molecular complexity index is 584. The fourth-order valence-electron chi connectivity index (χ4n) is 3.85. The molecule has 2 amide bonds. The van der Waals surface area contributed by atoms with E-state index in [-0.39, 0.29) is 17.4 Å². The second-order valence-electron chi connectivity index (χ2n) is 6.80. The maximum Gasteiger partial charge on any atom is 0.319 e. The maximum absolute atomic E-state index is 13.2. The van der Waals surface area contributed by atoms with E-state index in [4.69, 9.17) is 0 Å². The molecule has 2 fully saturated rings. The monoisotopic (exact) mass is 351 g/mol. The number of hydrogen-bond donors (Lipinski definition) is 2. The van der Waals surface area contributed by atoms with Crippen molar-refractivity contribution in [1.82, 2.24) is 10.2 Å². The predicted octanol–water partition coefficient (Wildman–Crippen LogP) is 3.62. The third-order valence-electron chi connectivity index (χ3n) is 5.23. The fourth-order valence-corrected chi connectivity index (χ4v) is 4.76. The molecule has 24 heavy (non-hydrogen) atoms. The zero-order valence-corrected chi connectivity index (χ0v) is 15.1. The zero-order valence-electron chi connectivity index (χ0n) is 14.2. The van der Waals surface area contributed by atoms with Crippen molar-refractivity contribution in [3.05, 3.63) is 29.6 Å². The van der Waals surface area contributed by atoms with E-state index in [1.165, 1.54) is 36.5 Å². The Labute approximate surface area is 147 Å². The molecule has 3 rings (SSSR count). The first kappa shape index (κ1) is 17.5. The molecule has 0 unspecified atom stereocenters. The molecule has 0 aromatic heterocycles. The van der Waals surface area contributed by atoms with Gasteiger partial charge in [0, 0.05) is 42.4 Å². The number of aryl methyl sites for hydroxylation is 1. The molecule has 1 saturated carbocycles. The summed E-state index contributed by atoms with van der Waals surface area (Å²) in [7, 11) is 0. The number of amides is 2. The van der Waals surface area contributed by atoms with E-state index >= 15 is 0 Å². The van der Waals surface area contributed by atoms with Crippen molar-refractivity contribution in [2.45, 2.75) is 38.1 Å². The van der Waals surface area contributed by atoms with Crippen LogP contribution in [0.4, 0.5) is 14.9 Å². The predicted molar refractivity (Wildman–Crippen MR) is 98.3 cm³/mol. The highest BCUT2D eigenvalue weighted by atomic mass is 32.2. The Hall–Kier alpha value is -1.27. The summed E-state index contributed by atoms with van der Waals surface area (Å²) >= 11 is 2.01. The highest BCUT2D eigenvalue weighted by Gasteiger charge is 2.40. The standard InChI is InChI=1S/C18H26FN3OS/c1-14-12-15(19)4-5-16(14)21-17(23)20-13-18(6-2-3-7-18)22-8-10-24-11-9-22/h4-5,12H,2-3,6-11,13H2,1H3,(H2,20,21,23). The zero-order chi connectivity index (χ0) is 17.0. The van der Waals surface area contributed by atoms with Crippen LogP contribution in [0.2, 0.25) is 0 Å². The lowest BCUT2D eigenvalue weighted by atomic mass is 9.94. The van der Waals surface area contributed by atoms with Crippen LogP contribution in [-0.4, -0.2) is 47.6 Å². The Kier molecular flexibility index (Phi) is 5.66. The van der Waals surface area contributed by atoms with Crippen LogP contribution < -0.4 is 10.6 Å². The van der Waals surface area contributed by atoms with Gasteiger partial charge in [-0.05, 0) is 43.5 Å². The van der Waals surface area contributed by atoms with Crippen LogP contribution in [0.15, 0.2) is 18.2 Å². The highest BCUT2D eigenvalue weighted by Crippen LogP contribution is 2.36. The second-order valence-corrected chi connectivity index (χ2v) is 8.02.